The summed E-state index contributed by atoms with van der Waals surface area (Å²) in [5, 5.41) is 9.69. The molecule has 0 aliphatic carbocycles. The summed E-state index contributed by atoms with van der Waals surface area (Å²) in [5.74, 6) is 0. The highest BCUT2D eigenvalue weighted by Gasteiger charge is 2.22. The van der Waals surface area contributed by atoms with Gasteiger partial charge in [-0.05, 0) is 37.1 Å². The number of hydrogen-bond acceptors (Lipinski definition) is 4. The molecular formula is C15H17ClN2O2S. The first-order valence-corrected chi connectivity index (χ1v) is 8.77. The molecule has 21 heavy (non-hydrogen) atoms. The maximum Gasteiger partial charge on any atom is 0.218 e. The van der Waals surface area contributed by atoms with E-state index in [2.05, 4.69) is 0 Å². The van der Waals surface area contributed by atoms with Crippen LogP contribution in [-0.2, 0) is 9.84 Å². The molecule has 0 amide bonds. The number of likely N-dealkylation sites (tertiary alicyclic amines) is 1. The fourth-order valence-electron chi connectivity index (χ4n) is 2.29. The summed E-state index contributed by atoms with van der Waals surface area (Å²) < 4.78 is 24.9. The van der Waals surface area contributed by atoms with Gasteiger partial charge in [0, 0.05) is 24.3 Å². The average Bonchev–Trinajstić information content (AvgIpc) is 2.73. The molecule has 0 atom stereocenters. The lowest BCUT2D eigenvalue weighted by molar-refractivity contribution is 0.391. The smallest absolute Gasteiger partial charge is 0.218 e. The van der Waals surface area contributed by atoms with E-state index in [-0.39, 0.29) is 9.80 Å². The number of nitrogens with zero attached hydrogens (tertiary/aromatic N) is 2. The van der Waals surface area contributed by atoms with Gasteiger partial charge >= 0.3 is 0 Å². The Hall–Kier alpha value is -1.51. The Morgan fingerprint density at radius 1 is 1.14 bits per heavy atom. The molecule has 0 aromatic heterocycles. The van der Waals surface area contributed by atoms with E-state index >= 15 is 0 Å². The lowest BCUT2D eigenvalue weighted by Crippen LogP contribution is -2.20. The first-order chi connectivity index (χ1) is 10.0. The Kier molecular flexibility index (Phi) is 5.27. The Labute approximate surface area is 130 Å². The van der Waals surface area contributed by atoms with Crippen LogP contribution in [0.2, 0.25) is 5.02 Å². The minimum Gasteiger partial charge on any atom is -0.376 e. The van der Waals surface area contributed by atoms with Gasteiger partial charge in [0.05, 0.1) is 4.90 Å². The van der Waals surface area contributed by atoms with Gasteiger partial charge in [-0.25, -0.2) is 8.42 Å². The zero-order chi connectivity index (χ0) is 15.3. The highest BCUT2D eigenvalue weighted by molar-refractivity contribution is 7.95. The van der Waals surface area contributed by atoms with E-state index in [4.69, 9.17) is 11.6 Å². The van der Waals surface area contributed by atoms with Crippen LogP contribution in [-0.4, -0.2) is 26.4 Å². The molecule has 2 rings (SSSR count). The lowest BCUT2D eigenvalue weighted by Gasteiger charge is -2.17. The van der Waals surface area contributed by atoms with Crippen molar-refractivity contribution in [3.63, 3.8) is 0 Å². The van der Waals surface area contributed by atoms with Crippen LogP contribution in [0.3, 0.4) is 0 Å². The van der Waals surface area contributed by atoms with Crippen LogP contribution >= 0.6 is 11.6 Å². The number of sulfone groups is 1. The van der Waals surface area contributed by atoms with Crippen molar-refractivity contribution in [3.05, 3.63) is 40.4 Å². The highest BCUT2D eigenvalue weighted by atomic mass is 35.5. The van der Waals surface area contributed by atoms with Crippen molar-refractivity contribution >= 4 is 21.4 Å². The van der Waals surface area contributed by atoms with Crippen LogP contribution in [0.25, 0.3) is 0 Å². The molecule has 1 fully saturated rings. The molecule has 0 unspecified atom stereocenters. The van der Waals surface area contributed by atoms with Gasteiger partial charge in [0.1, 0.15) is 6.07 Å². The standard InChI is InChI=1S/C15H17ClN2O2S/c16-13-5-7-14(8-6-13)21(19,20)15(11-17)12-18-9-3-1-2-4-10-18/h5-8,12H,1-4,9-10H2/b15-12+. The van der Waals surface area contributed by atoms with Crippen LogP contribution in [0.15, 0.2) is 40.3 Å². The van der Waals surface area contributed by atoms with Gasteiger partial charge in [-0.3, -0.25) is 0 Å². The van der Waals surface area contributed by atoms with Crippen molar-refractivity contribution in [1.82, 2.24) is 4.90 Å². The molecule has 1 aromatic rings. The van der Waals surface area contributed by atoms with Crippen LogP contribution < -0.4 is 0 Å². The van der Waals surface area contributed by atoms with Crippen molar-refractivity contribution in [2.45, 2.75) is 30.6 Å². The summed E-state index contributed by atoms with van der Waals surface area (Å²) in [5.41, 5.74) is 0. The van der Waals surface area contributed by atoms with Crippen molar-refractivity contribution in [3.8, 4) is 6.07 Å². The monoisotopic (exact) mass is 324 g/mol. The summed E-state index contributed by atoms with van der Waals surface area (Å²) in [6.07, 6.45) is 5.83. The molecule has 0 radical (unpaired) electrons. The molecule has 4 nitrogen and oxygen atoms in total. The number of nitriles is 1. The number of rotatable bonds is 3. The van der Waals surface area contributed by atoms with Gasteiger partial charge in [0.25, 0.3) is 0 Å². The molecule has 1 aromatic carbocycles. The lowest BCUT2D eigenvalue weighted by atomic mass is 10.2. The Morgan fingerprint density at radius 2 is 1.71 bits per heavy atom. The third-order valence-corrected chi connectivity index (χ3v) is 5.38. The van der Waals surface area contributed by atoms with Crippen molar-refractivity contribution in [1.29, 1.82) is 5.26 Å². The molecule has 0 bridgehead atoms. The Morgan fingerprint density at radius 3 is 2.24 bits per heavy atom. The quantitative estimate of drug-likeness (QED) is 0.800. The predicted molar refractivity (Wildman–Crippen MR) is 82.4 cm³/mol. The summed E-state index contributed by atoms with van der Waals surface area (Å²) in [6, 6.07) is 7.68. The van der Waals surface area contributed by atoms with Crippen LogP contribution in [0.4, 0.5) is 0 Å². The summed E-state index contributed by atoms with van der Waals surface area (Å²) in [4.78, 5) is 1.81. The zero-order valence-corrected chi connectivity index (χ0v) is 13.2. The molecule has 1 aliphatic heterocycles. The van der Waals surface area contributed by atoms with Gasteiger partial charge in [0.15, 0.2) is 4.91 Å². The molecule has 6 heteroatoms. The average molecular weight is 325 g/mol. The van der Waals surface area contributed by atoms with Gasteiger partial charge in [-0.2, -0.15) is 5.26 Å². The van der Waals surface area contributed by atoms with Crippen LogP contribution in [0.5, 0.6) is 0 Å². The zero-order valence-electron chi connectivity index (χ0n) is 11.6. The van der Waals surface area contributed by atoms with Gasteiger partial charge in [-0.15, -0.1) is 0 Å². The maximum absolute atomic E-state index is 12.5. The van der Waals surface area contributed by atoms with E-state index in [1.165, 1.54) is 30.5 Å². The number of allylic oxidation sites excluding steroid dienone is 1. The second kappa shape index (κ2) is 6.97. The van der Waals surface area contributed by atoms with Crippen molar-refractivity contribution in [2.75, 3.05) is 13.1 Å². The minimum atomic E-state index is -3.78. The number of benzene rings is 1. The highest BCUT2D eigenvalue weighted by Crippen LogP contribution is 2.22. The maximum atomic E-state index is 12.5. The Bertz CT molecular complexity index is 652. The van der Waals surface area contributed by atoms with E-state index < -0.39 is 9.84 Å². The van der Waals surface area contributed by atoms with E-state index in [1.807, 2.05) is 11.0 Å². The normalized spacial score (nSPS) is 17.1. The van der Waals surface area contributed by atoms with E-state index in [1.54, 1.807) is 0 Å². The third kappa shape index (κ3) is 3.99. The fourth-order valence-corrected chi connectivity index (χ4v) is 3.57. The molecule has 1 heterocycles. The van der Waals surface area contributed by atoms with Crippen molar-refractivity contribution < 1.29 is 8.42 Å². The topological polar surface area (TPSA) is 61.2 Å². The van der Waals surface area contributed by atoms with E-state index in [0.717, 1.165) is 38.8 Å². The minimum absolute atomic E-state index is 0.0921. The van der Waals surface area contributed by atoms with Crippen LogP contribution in [0, 0.1) is 11.3 Å². The van der Waals surface area contributed by atoms with Gasteiger partial charge in [-0.1, -0.05) is 24.4 Å². The largest absolute Gasteiger partial charge is 0.376 e. The molecule has 112 valence electrons. The SMILES string of the molecule is N#C/C(=C\N1CCCCCC1)S(=O)(=O)c1ccc(Cl)cc1. The molecule has 0 spiro atoms. The first-order valence-electron chi connectivity index (χ1n) is 6.90. The predicted octanol–water partition coefficient (Wildman–Crippen LogP) is 3.35. The first kappa shape index (κ1) is 15.9. The molecule has 0 saturated carbocycles. The van der Waals surface area contributed by atoms with Gasteiger partial charge in [0.2, 0.25) is 9.84 Å². The summed E-state index contributed by atoms with van der Waals surface area (Å²) in [7, 11) is -3.78. The molecule has 0 N–H and O–H groups in total. The van der Waals surface area contributed by atoms with Crippen LogP contribution in [0.1, 0.15) is 25.7 Å². The second-order valence-electron chi connectivity index (χ2n) is 5.01. The van der Waals surface area contributed by atoms with E-state index in [9.17, 15) is 13.7 Å². The number of halogens is 1. The molecule has 1 saturated heterocycles. The van der Waals surface area contributed by atoms with Gasteiger partial charge < -0.3 is 4.90 Å². The van der Waals surface area contributed by atoms with E-state index in [0.29, 0.717) is 5.02 Å². The third-order valence-electron chi connectivity index (χ3n) is 3.46. The molecule has 1 aliphatic rings. The summed E-state index contributed by atoms with van der Waals surface area (Å²) >= 11 is 5.77. The Balaban J connectivity index is 2.31. The van der Waals surface area contributed by atoms with Crippen molar-refractivity contribution in [2.24, 2.45) is 0 Å². The fraction of sp³-hybridized carbons (Fsp3) is 0.400. The second-order valence-corrected chi connectivity index (χ2v) is 7.37. The number of hydrogen-bond donors (Lipinski definition) is 0. The summed E-state index contributed by atoms with van der Waals surface area (Å²) in [6.45, 7) is 1.59. The molecular weight excluding hydrogens is 308 g/mol.